The van der Waals surface area contributed by atoms with E-state index in [1.807, 2.05) is 65.6 Å². The van der Waals surface area contributed by atoms with E-state index >= 15 is 0 Å². The van der Waals surface area contributed by atoms with Gasteiger partial charge in [0.2, 0.25) is 5.82 Å². The molecule has 2 aromatic carbocycles. The van der Waals surface area contributed by atoms with Crippen LogP contribution in [0.5, 0.6) is 0 Å². The SMILES string of the molecule is C=CC1(COCc2ccccc2)OC(n2cc(F)c(=O)[nH]c2=O)C(OC(C)=O)C1OCc1ccccc1. The number of aromatic nitrogens is 2. The van der Waals surface area contributed by atoms with Crippen LogP contribution in [0.1, 0.15) is 24.3 Å². The van der Waals surface area contributed by atoms with E-state index in [4.69, 9.17) is 18.9 Å². The Morgan fingerprint density at radius 3 is 2.32 bits per heavy atom. The van der Waals surface area contributed by atoms with Crippen molar-refractivity contribution in [2.24, 2.45) is 0 Å². The second-order valence-corrected chi connectivity index (χ2v) is 8.58. The van der Waals surface area contributed by atoms with Crippen LogP contribution in [-0.4, -0.2) is 39.9 Å². The largest absolute Gasteiger partial charge is 0.455 e. The van der Waals surface area contributed by atoms with E-state index in [1.54, 1.807) is 0 Å². The molecule has 1 aliphatic heterocycles. The highest BCUT2D eigenvalue weighted by molar-refractivity contribution is 5.66. The average molecular weight is 511 g/mol. The highest BCUT2D eigenvalue weighted by atomic mass is 19.1. The lowest BCUT2D eigenvalue weighted by Gasteiger charge is -2.32. The van der Waals surface area contributed by atoms with E-state index in [2.05, 4.69) is 6.58 Å². The van der Waals surface area contributed by atoms with Gasteiger partial charge in [0.15, 0.2) is 12.3 Å². The second-order valence-electron chi connectivity index (χ2n) is 8.58. The van der Waals surface area contributed by atoms with Crippen molar-refractivity contribution in [1.29, 1.82) is 0 Å². The number of benzene rings is 2. The summed E-state index contributed by atoms with van der Waals surface area (Å²) in [5, 5.41) is 0. The topological polar surface area (TPSA) is 109 Å². The average Bonchev–Trinajstić information content (AvgIpc) is 3.18. The molecule has 37 heavy (non-hydrogen) atoms. The Hall–Kier alpha value is -3.86. The predicted octanol–water partition coefficient (Wildman–Crippen LogP) is 2.86. The first-order valence-electron chi connectivity index (χ1n) is 11.6. The van der Waals surface area contributed by atoms with Crippen LogP contribution < -0.4 is 11.2 Å². The first-order valence-corrected chi connectivity index (χ1v) is 11.6. The molecule has 1 saturated heterocycles. The monoisotopic (exact) mass is 510 g/mol. The first kappa shape index (κ1) is 26.2. The molecular weight excluding hydrogens is 483 g/mol. The minimum atomic E-state index is -1.40. The molecule has 0 saturated carbocycles. The van der Waals surface area contributed by atoms with E-state index in [1.165, 1.54) is 13.0 Å². The van der Waals surface area contributed by atoms with Gasteiger partial charge in [-0.2, -0.15) is 4.39 Å². The fourth-order valence-corrected chi connectivity index (χ4v) is 4.20. The summed E-state index contributed by atoms with van der Waals surface area (Å²) in [6.45, 7) is 5.36. The van der Waals surface area contributed by atoms with Crippen molar-refractivity contribution in [3.05, 3.63) is 117 Å². The number of carbonyl (C=O) groups is 1. The van der Waals surface area contributed by atoms with Gasteiger partial charge in [-0.1, -0.05) is 66.7 Å². The number of halogens is 1. The minimum Gasteiger partial charge on any atom is -0.455 e. The number of ether oxygens (including phenoxy) is 4. The number of carbonyl (C=O) groups excluding carboxylic acids is 1. The molecule has 1 fully saturated rings. The van der Waals surface area contributed by atoms with Crippen molar-refractivity contribution in [2.45, 2.75) is 44.2 Å². The number of rotatable bonds is 10. The van der Waals surface area contributed by atoms with Crippen LogP contribution in [0.15, 0.2) is 89.1 Å². The Morgan fingerprint density at radius 2 is 1.73 bits per heavy atom. The van der Waals surface area contributed by atoms with E-state index in [-0.39, 0.29) is 19.8 Å². The third kappa shape index (κ3) is 5.93. The van der Waals surface area contributed by atoms with Gasteiger partial charge in [0.05, 0.1) is 26.0 Å². The van der Waals surface area contributed by atoms with Crippen molar-refractivity contribution < 1.29 is 28.1 Å². The molecule has 3 aromatic rings. The number of hydrogen-bond acceptors (Lipinski definition) is 7. The van der Waals surface area contributed by atoms with Gasteiger partial charge in [-0.3, -0.25) is 19.1 Å². The van der Waals surface area contributed by atoms with Gasteiger partial charge < -0.3 is 18.9 Å². The molecule has 0 amide bonds. The molecule has 1 aliphatic rings. The number of aromatic amines is 1. The van der Waals surface area contributed by atoms with E-state index in [9.17, 15) is 18.8 Å². The van der Waals surface area contributed by atoms with Crippen molar-refractivity contribution in [1.82, 2.24) is 9.55 Å². The molecule has 10 heteroatoms. The minimum absolute atomic E-state index is 0.0836. The van der Waals surface area contributed by atoms with Gasteiger partial charge in [-0.15, -0.1) is 6.58 Å². The molecule has 0 spiro atoms. The maximum absolute atomic E-state index is 14.2. The van der Waals surface area contributed by atoms with Crippen LogP contribution in [0.3, 0.4) is 0 Å². The third-order valence-corrected chi connectivity index (χ3v) is 5.96. The smallest absolute Gasteiger partial charge is 0.330 e. The van der Waals surface area contributed by atoms with Crippen LogP contribution in [-0.2, 0) is 37.0 Å². The summed E-state index contributed by atoms with van der Waals surface area (Å²) in [6, 6.07) is 18.7. The molecule has 4 unspecified atom stereocenters. The van der Waals surface area contributed by atoms with Crippen LogP contribution in [0, 0.1) is 5.82 Å². The van der Waals surface area contributed by atoms with Gasteiger partial charge in [0.1, 0.15) is 11.7 Å². The zero-order valence-corrected chi connectivity index (χ0v) is 20.2. The summed E-state index contributed by atoms with van der Waals surface area (Å²) in [6.07, 6.45) is -1.39. The summed E-state index contributed by atoms with van der Waals surface area (Å²) >= 11 is 0. The second kappa shape index (κ2) is 11.5. The molecule has 0 radical (unpaired) electrons. The van der Waals surface area contributed by atoms with E-state index in [0.717, 1.165) is 15.7 Å². The van der Waals surface area contributed by atoms with Crippen LogP contribution >= 0.6 is 0 Å². The standard InChI is InChI=1S/C27H27FN2O7/c1-3-27(17-34-15-19-10-6-4-7-11-19)23(35-16-20-12-8-5-9-13-20)22(36-18(2)31)25(37-27)30-14-21(28)24(32)29-26(30)33/h3-14,22-23,25H,1,15-17H2,2H3,(H,29,32,33). The Labute approximate surface area is 212 Å². The quantitative estimate of drug-likeness (QED) is 0.330. The predicted molar refractivity (Wildman–Crippen MR) is 131 cm³/mol. The lowest BCUT2D eigenvalue weighted by atomic mass is 9.95. The molecule has 0 bridgehead atoms. The van der Waals surface area contributed by atoms with Crippen molar-refractivity contribution in [3.8, 4) is 0 Å². The lowest BCUT2D eigenvalue weighted by molar-refractivity contribution is -0.158. The number of hydrogen-bond donors (Lipinski definition) is 1. The first-order chi connectivity index (χ1) is 17.8. The van der Waals surface area contributed by atoms with Gasteiger partial charge in [-0.05, 0) is 11.1 Å². The molecule has 1 N–H and O–H groups in total. The van der Waals surface area contributed by atoms with Crippen LogP contribution in [0.25, 0.3) is 0 Å². The fraction of sp³-hybridized carbons (Fsp3) is 0.296. The Morgan fingerprint density at radius 1 is 1.11 bits per heavy atom. The highest BCUT2D eigenvalue weighted by Gasteiger charge is 2.57. The van der Waals surface area contributed by atoms with Gasteiger partial charge in [0.25, 0.3) is 5.56 Å². The van der Waals surface area contributed by atoms with Crippen molar-refractivity contribution in [3.63, 3.8) is 0 Å². The van der Waals surface area contributed by atoms with E-state index in [0.29, 0.717) is 6.20 Å². The van der Waals surface area contributed by atoms with Crippen LogP contribution in [0.2, 0.25) is 0 Å². The third-order valence-electron chi connectivity index (χ3n) is 5.96. The van der Waals surface area contributed by atoms with Crippen molar-refractivity contribution in [2.75, 3.05) is 6.61 Å². The molecule has 4 atom stereocenters. The number of nitrogens with zero attached hydrogens (tertiary/aromatic N) is 1. The van der Waals surface area contributed by atoms with E-state index < -0.39 is 47.1 Å². The lowest BCUT2D eigenvalue weighted by Crippen LogP contribution is -2.48. The normalized spacial score (nSPS) is 23.0. The highest BCUT2D eigenvalue weighted by Crippen LogP contribution is 2.42. The maximum atomic E-state index is 14.2. The number of esters is 1. The summed E-state index contributed by atoms with van der Waals surface area (Å²) in [7, 11) is 0. The maximum Gasteiger partial charge on any atom is 0.330 e. The molecule has 9 nitrogen and oxygen atoms in total. The van der Waals surface area contributed by atoms with Crippen molar-refractivity contribution >= 4 is 5.97 Å². The Bertz CT molecular complexity index is 1340. The molecule has 194 valence electrons. The molecule has 1 aromatic heterocycles. The molecule has 0 aliphatic carbocycles. The number of H-pyrrole nitrogens is 1. The summed E-state index contributed by atoms with van der Waals surface area (Å²) in [5.41, 5.74) is -1.78. The summed E-state index contributed by atoms with van der Waals surface area (Å²) in [4.78, 5) is 38.2. The fourth-order valence-electron chi connectivity index (χ4n) is 4.20. The van der Waals surface area contributed by atoms with Gasteiger partial charge >= 0.3 is 11.7 Å². The summed E-state index contributed by atoms with van der Waals surface area (Å²) in [5.74, 6) is -1.88. The Kier molecular flexibility index (Phi) is 8.12. The van der Waals surface area contributed by atoms with Gasteiger partial charge in [-0.25, -0.2) is 4.79 Å². The number of nitrogens with one attached hydrogen (secondary N) is 1. The molecule has 4 rings (SSSR count). The van der Waals surface area contributed by atoms with Gasteiger partial charge in [0, 0.05) is 6.92 Å². The van der Waals surface area contributed by atoms with Crippen LogP contribution in [0.4, 0.5) is 4.39 Å². The summed E-state index contributed by atoms with van der Waals surface area (Å²) < 4.78 is 39.0. The molecule has 2 heterocycles. The molecular formula is C27H27FN2O7. The zero-order valence-electron chi connectivity index (χ0n) is 20.2. The zero-order chi connectivity index (χ0) is 26.4. The Balaban J connectivity index is 1.71.